The van der Waals surface area contributed by atoms with E-state index in [9.17, 15) is 32.9 Å². The van der Waals surface area contributed by atoms with E-state index in [0.717, 1.165) is 11.1 Å². The molecule has 208 valence electrons. The Bertz CT molecular complexity index is 1230. The topological polar surface area (TPSA) is 60.7 Å². The highest BCUT2D eigenvalue weighted by atomic mass is 32.1. The van der Waals surface area contributed by atoms with Gasteiger partial charge in [0.25, 0.3) is 0 Å². The maximum Gasteiger partial charge on any atom is 0.140 e. The van der Waals surface area contributed by atoms with E-state index in [1.165, 1.54) is 79.7 Å². The molecule has 0 aliphatic heterocycles. The highest BCUT2D eigenvalue weighted by Crippen LogP contribution is 2.33. The molecule has 4 aromatic carbocycles. The van der Waals surface area contributed by atoms with Gasteiger partial charge in [0.15, 0.2) is 0 Å². The predicted molar refractivity (Wildman–Crippen MR) is 149 cm³/mol. The number of benzene rings is 4. The van der Waals surface area contributed by atoms with Gasteiger partial charge in [0.1, 0.15) is 28.9 Å². The quantitative estimate of drug-likeness (QED) is 0.158. The second-order valence-corrected chi connectivity index (χ2v) is 8.78. The van der Waals surface area contributed by atoms with Crippen LogP contribution in [0, 0.1) is 23.3 Å². The molecular formula is C31H32F4O3S. The van der Waals surface area contributed by atoms with E-state index in [-0.39, 0.29) is 17.6 Å². The minimum atomic E-state index is -1.71. The Hall–Kier alpha value is -3.17. The summed E-state index contributed by atoms with van der Waals surface area (Å²) < 4.78 is 63.9. The smallest absolute Gasteiger partial charge is 0.140 e. The van der Waals surface area contributed by atoms with Gasteiger partial charge in [-0.05, 0) is 90.8 Å². The van der Waals surface area contributed by atoms with E-state index in [2.05, 4.69) is 12.6 Å². The first-order valence-corrected chi connectivity index (χ1v) is 12.4. The van der Waals surface area contributed by atoms with Crippen molar-refractivity contribution in [2.75, 3.05) is 6.21 Å². The number of hydrogen-bond acceptors (Lipinski definition) is 4. The molecule has 0 aliphatic carbocycles. The molecule has 0 spiro atoms. The third-order valence-corrected chi connectivity index (χ3v) is 6.11. The molecular weight excluding hydrogens is 528 g/mol. The summed E-state index contributed by atoms with van der Waals surface area (Å²) in [4.78, 5) is 0. The van der Waals surface area contributed by atoms with E-state index >= 15 is 0 Å². The van der Waals surface area contributed by atoms with Crippen LogP contribution < -0.4 is 0 Å². The van der Waals surface area contributed by atoms with Crippen molar-refractivity contribution in [2.24, 2.45) is 0 Å². The van der Waals surface area contributed by atoms with Crippen molar-refractivity contribution in [1.82, 2.24) is 0 Å². The van der Waals surface area contributed by atoms with Crippen molar-refractivity contribution < 1.29 is 35.6 Å². The summed E-state index contributed by atoms with van der Waals surface area (Å²) in [5.74, 6) is -1.79. The molecule has 0 aliphatic rings. The number of halogens is 4. The Labute approximate surface area is 234 Å². The Balaban J connectivity index is 0.000000254. The fourth-order valence-corrected chi connectivity index (χ4v) is 4.15. The average Bonchev–Trinajstić information content (AvgIpc) is 2.91. The SMILES string of the molecule is C[C@H](O)C(O)(c1ccc(F)cc1)c1ccc(F)cc1.C[C@H](O)C(c1ccc(F)cc1)c1ccc(F)cc1.[2H]C([3H])S. The van der Waals surface area contributed by atoms with Gasteiger partial charge in [0.2, 0.25) is 0 Å². The van der Waals surface area contributed by atoms with Gasteiger partial charge in [-0.15, -0.1) is 0 Å². The van der Waals surface area contributed by atoms with Crippen LogP contribution in [0.3, 0.4) is 0 Å². The largest absolute Gasteiger partial charge is 0.392 e. The van der Waals surface area contributed by atoms with Gasteiger partial charge in [-0.25, -0.2) is 17.6 Å². The molecule has 3 atom stereocenters. The van der Waals surface area contributed by atoms with Gasteiger partial charge in [-0.1, -0.05) is 48.5 Å². The zero-order valence-corrected chi connectivity index (χ0v) is 22.2. The summed E-state index contributed by atoms with van der Waals surface area (Å²) >= 11 is 3.30. The van der Waals surface area contributed by atoms with Crippen LogP contribution in [-0.2, 0) is 5.60 Å². The lowest BCUT2D eigenvalue weighted by atomic mass is 9.82. The summed E-state index contributed by atoms with van der Waals surface area (Å²) in [6.45, 7) is 3.09. The Kier molecular flexibility index (Phi) is 11.0. The van der Waals surface area contributed by atoms with E-state index in [1.54, 1.807) is 31.2 Å². The molecule has 8 heteroatoms. The third kappa shape index (κ3) is 8.41. The highest BCUT2D eigenvalue weighted by molar-refractivity contribution is 7.79. The zero-order valence-electron chi connectivity index (χ0n) is 23.3. The fourth-order valence-electron chi connectivity index (χ4n) is 4.15. The minimum absolute atomic E-state index is 0.286. The van der Waals surface area contributed by atoms with E-state index in [1.807, 2.05) is 0 Å². The summed E-state index contributed by atoms with van der Waals surface area (Å²) in [6.07, 6.45) is -2.75. The Morgan fingerprint density at radius 2 is 0.923 bits per heavy atom. The maximum atomic E-state index is 12.9. The summed E-state index contributed by atoms with van der Waals surface area (Å²) in [7, 11) is 0. The van der Waals surface area contributed by atoms with Crippen LogP contribution in [0.4, 0.5) is 17.6 Å². The van der Waals surface area contributed by atoms with Crippen molar-refractivity contribution in [1.29, 1.82) is 0 Å². The van der Waals surface area contributed by atoms with Gasteiger partial charge in [-0.3, -0.25) is 0 Å². The third-order valence-electron chi connectivity index (χ3n) is 6.11. The van der Waals surface area contributed by atoms with Crippen LogP contribution in [0.2, 0.25) is 0 Å². The number of aliphatic hydroxyl groups is 3. The van der Waals surface area contributed by atoms with Crippen LogP contribution in [0.25, 0.3) is 0 Å². The van der Waals surface area contributed by atoms with Crippen LogP contribution in [0.5, 0.6) is 0 Å². The number of aliphatic hydroxyl groups excluding tert-OH is 2. The van der Waals surface area contributed by atoms with Crippen molar-refractivity contribution in [3.63, 3.8) is 0 Å². The lowest BCUT2D eigenvalue weighted by Gasteiger charge is -2.32. The predicted octanol–water partition coefficient (Wildman–Crippen LogP) is 6.61. The normalized spacial score (nSPS) is 14.0. The van der Waals surface area contributed by atoms with Crippen LogP contribution in [0.15, 0.2) is 97.1 Å². The molecule has 0 radical (unpaired) electrons. The van der Waals surface area contributed by atoms with Gasteiger partial charge >= 0.3 is 0 Å². The maximum absolute atomic E-state index is 12.9. The Morgan fingerprint density at radius 1 is 0.667 bits per heavy atom. The van der Waals surface area contributed by atoms with Crippen molar-refractivity contribution in [3.05, 3.63) is 143 Å². The number of hydrogen-bond donors (Lipinski definition) is 4. The minimum Gasteiger partial charge on any atom is -0.392 e. The van der Waals surface area contributed by atoms with Crippen LogP contribution in [0.1, 0.15) is 44.8 Å². The Morgan fingerprint density at radius 3 is 1.15 bits per heavy atom. The molecule has 4 aromatic rings. The molecule has 39 heavy (non-hydrogen) atoms. The second-order valence-electron chi connectivity index (χ2n) is 8.78. The van der Waals surface area contributed by atoms with Crippen LogP contribution >= 0.6 is 12.6 Å². The molecule has 1 unspecified atom stereocenters. The van der Waals surface area contributed by atoms with Gasteiger partial charge < -0.3 is 15.3 Å². The molecule has 0 amide bonds. The van der Waals surface area contributed by atoms with E-state index < -0.39 is 35.7 Å². The standard InChI is InChI=1S/C15H14F2O2.C15H14F2O.CH4S/c1-10(18)15(19,11-2-6-13(16)7-3-11)12-4-8-14(17)9-5-12;1-10(18)15(11-2-6-13(16)7-3-11)12-4-8-14(17)9-5-12;1-2/h2-10,18-19H,1H3;2-10,15,18H,1H3;2H,1H3/t2*10-;/m00./s1/i;;1TD. The summed E-state index contributed by atoms with van der Waals surface area (Å²) in [6, 6.07) is 22.3. The highest BCUT2D eigenvalue weighted by Gasteiger charge is 2.36. The fraction of sp³-hybridized carbons (Fsp3) is 0.226. The molecule has 0 fully saturated rings. The first-order chi connectivity index (χ1) is 19.2. The summed E-state index contributed by atoms with van der Waals surface area (Å²) in [5, 5.41) is 30.5. The lowest BCUT2D eigenvalue weighted by molar-refractivity contribution is -0.0395. The summed E-state index contributed by atoms with van der Waals surface area (Å²) in [5.41, 5.74) is 0.587. The first-order valence-electron chi connectivity index (χ1n) is 13.0. The van der Waals surface area contributed by atoms with Crippen molar-refractivity contribution in [3.8, 4) is 0 Å². The van der Waals surface area contributed by atoms with E-state index in [0.29, 0.717) is 11.1 Å². The molecule has 0 aromatic heterocycles. The molecule has 0 saturated carbocycles. The van der Waals surface area contributed by atoms with Gasteiger partial charge in [0.05, 0.1) is 12.2 Å². The van der Waals surface area contributed by atoms with Crippen LogP contribution in [-0.4, -0.2) is 33.7 Å². The average molecular weight is 564 g/mol. The first kappa shape index (κ1) is 28.8. The van der Waals surface area contributed by atoms with Gasteiger partial charge in [-0.2, -0.15) is 12.6 Å². The second kappa shape index (κ2) is 14.8. The molecule has 0 bridgehead atoms. The lowest BCUT2D eigenvalue weighted by Crippen LogP contribution is -2.38. The van der Waals surface area contributed by atoms with E-state index in [4.69, 9.17) is 2.74 Å². The van der Waals surface area contributed by atoms with Crippen molar-refractivity contribution in [2.45, 2.75) is 37.6 Å². The monoisotopic (exact) mass is 563 g/mol. The van der Waals surface area contributed by atoms with Gasteiger partial charge in [0, 0.05) is 8.66 Å². The number of thiol groups is 1. The molecule has 3 N–H and O–H groups in total. The van der Waals surface area contributed by atoms with Crippen molar-refractivity contribution >= 4 is 12.6 Å². The molecule has 0 saturated heterocycles. The molecule has 0 heterocycles. The zero-order chi connectivity index (χ0) is 30.7. The number of rotatable bonds is 6. The molecule has 4 rings (SSSR count). The molecule has 3 nitrogen and oxygen atoms in total.